The van der Waals surface area contributed by atoms with Crippen molar-refractivity contribution in [1.29, 1.82) is 0 Å². The molecule has 2 N–H and O–H groups in total. The van der Waals surface area contributed by atoms with Gasteiger partial charge in [-0.25, -0.2) is 0 Å². The van der Waals surface area contributed by atoms with Gasteiger partial charge in [0.15, 0.2) is 0 Å². The molecule has 160 valence electrons. The number of carbonyl (C=O) groups excluding carboxylic acids is 4. The van der Waals surface area contributed by atoms with Gasteiger partial charge in [0.05, 0.1) is 21.2 Å². The molecule has 1 aliphatic rings. The standard InChI is InChI=1S/C20H17ClN4O6/c1-3-16(26)22-11-7-8-13(21)14(9-11)23-18(27)10(2)24-19(28)12-5-4-6-15(25(30)31)17(12)20(24)29/h4-10H,3H2,1-2H3,(H,22,26)(H,23,27). The number of amides is 4. The number of rotatable bonds is 6. The molecule has 0 fully saturated rings. The maximum atomic E-state index is 12.8. The lowest BCUT2D eigenvalue weighted by Crippen LogP contribution is -2.45. The minimum absolute atomic E-state index is 0.138. The summed E-state index contributed by atoms with van der Waals surface area (Å²) in [5.41, 5.74) is -0.431. The Morgan fingerprint density at radius 3 is 2.52 bits per heavy atom. The van der Waals surface area contributed by atoms with Gasteiger partial charge in [0.2, 0.25) is 11.8 Å². The van der Waals surface area contributed by atoms with Crippen molar-refractivity contribution in [2.45, 2.75) is 26.3 Å². The van der Waals surface area contributed by atoms with Crippen molar-refractivity contribution in [2.24, 2.45) is 0 Å². The largest absolute Gasteiger partial charge is 0.326 e. The molecule has 0 saturated carbocycles. The third kappa shape index (κ3) is 4.10. The highest BCUT2D eigenvalue weighted by molar-refractivity contribution is 6.34. The molecular weight excluding hydrogens is 428 g/mol. The van der Waals surface area contributed by atoms with Gasteiger partial charge < -0.3 is 10.6 Å². The Hall–Kier alpha value is -3.79. The van der Waals surface area contributed by atoms with Crippen LogP contribution in [0.2, 0.25) is 5.02 Å². The summed E-state index contributed by atoms with van der Waals surface area (Å²) in [7, 11) is 0. The highest BCUT2D eigenvalue weighted by atomic mass is 35.5. The van der Waals surface area contributed by atoms with Gasteiger partial charge in [-0.3, -0.25) is 34.2 Å². The lowest BCUT2D eigenvalue weighted by atomic mass is 10.1. The molecule has 1 heterocycles. The van der Waals surface area contributed by atoms with Crippen LogP contribution in [0.5, 0.6) is 0 Å². The first kappa shape index (κ1) is 21.9. The van der Waals surface area contributed by atoms with E-state index in [2.05, 4.69) is 10.6 Å². The Morgan fingerprint density at radius 1 is 1.16 bits per heavy atom. The molecule has 31 heavy (non-hydrogen) atoms. The van der Waals surface area contributed by atoms with Gasteiger partial charge in [0.1, 0.15) is 11.6 Å². The lowest BCUT2D eigenvalue weighted by Gasteiger charge is -2.22. The zero-order chi connectivity index (χ0) is 22.9. The van der Waals surface area contributed by atoms with Crippen LogP contribution in [0.25, 0.3) is 0 Å². The number of nitro benzene ring substituents is 1. The summed E-state index contributed by atoms with van der Waals surface area (Å²) < 4.78 is 0. The third-order valence-electron chi connectivity index (χ3n) is 4.72. The average Bonchev–Trinajstić information content (AvgIpc) is 3.00. The van der Waals surface area contributed by atoms with E-state index in [0.29, 0.717) is 10.6 Å². The molecule has 0 aromatic heterocycles. The van der Waals surface area contributed by atoms with Crippen molar-refractivity contribution in [1.82, 2.24) is 4.90 Å². The van der Waals surface area contributed by atoms with Crippen LogP contribution in [0.3, 0.4) is 0 Å². The number of anilines is 2. The van der Waals surface area contributed by atoms with E-state index in [1.165, 1.54) is 31.2 Å². The second-order valence-electron chi connectivity index (χ2n) is 6.70. The molecule has 3 rings (SSSR count). The molecule has 0 saturated heterocycles. The summed E-state index contributed by atoms with van der Waals surface area (Å²) in [5, 5.41) is 16.6. The average molecular weight is 445 g/mol. The smallest absolute Gasteiger partial charge is 0.282 e. The number of carbonyl (C=O) groups is 4. The molecule has 0 radical (unpaired) electrons. The second kappa shape index (κ2) is 8.52. The Balaban J connectivity index is 1.84. The molecule has 2 aromatic rings. The molecule has 11 heteroatoms. The normalized spacial score (nSPS) is 13.6. The molecule has 1 unspecified atom stereocenters. The summed E-state index contributed by atoms with van der Waals surface area (Å²) in [6.45, 7) is 3.00. The van der Waals surface area contributed by atoms with E-state index in [9.17, 15) is 29.3 Å². The van der Waals surface area contributed by atoms with E-state index in [-0.39, 0.29) is 34.2 Å². The Morgan fingerprint density at radius 2 is 1.87 bits per heavy atom. The van der Waals surface area contributed by atoms with Crippen LogP contribution in [0.4, 0.5) is 17.1 Å². The first-order chi connectivity index (χ1) is 14.6. The van der Waals surface area contributed by atoms with Gasteiger partial charge in [-0.1, -0.05) is 24.6 Å². The molecule has 0 bridgehead atoms. The number of fused-ring (bicyclic) bond motifs is 1. The second-order valence-corrected chi connectivity index (χ2v) is 7.11. The maximum absolute atomic E-state index is 12.8. The Labute approximate surface area is 181 Å². The van der Waals surface area contributed by atoms with Crippen LogP contribution in [-0.2, 0) is 9.59 Å². The van der Waals surface area contributed by atoms with Crippen LogP contribution in [0.1, 0.15) is 41.0 Å². The van der Waals surface area contributed by atoms with Gasteiger partial charge in [-0.15, -0.1) is 0 Å². The number of hydrogen-bond acceptors (Lipinski definition) is 6. The van der Waals surface area contributed by atoms with Crippen molar-refractivity contribution in [3.8, 4) is 0 Å². The monoisotopic (exact) mass is 444 g/mol. The van der Waals surface area contributed by atoms with Crippen molar-refractivity contribution in [3.05, 3.63) is 62.7 Å². The van der Waals surface area contributed by atoms with E-state index in [1.54, 1.807) is 13.0 Å². The Bertz CT molecular complexity index is 1130. The number of halogens is 1. The number of nitrogens with one attached hydrogen (secondary N) is 2. The summed E-state index contributed by atoms with van der Waals surface area (Å²) >= 11 is 6.11. The molecule has 4 amide bonds. The Kier molecular flexibility index (Phi) is 6.02. The third-order valence-corrected chi connectivity index (χ3v) is 5.05. The first-order valence-corrected chi connectivity index (χ1v) is 9.59. The van der Waals surface area contributed by atoms with Gasteiger partial charge >= 0.3 is 0 Å². The number of benzene rings is 2. The fraction of sp³-hybridized carbons (Fsp3) is 0.200. The van der Waals surface area contributed by atoms with Gasteiger partial charge in [0, 0.05) is 18.2 Å². The van der Waals surface area contributed by atoms with Crippen LogP contribution in [-0.4, -0.2) is 39.5 Å². The number of nitrogens with zero attached hydrogens (tertiary/aromatic N) is 2. The fourth-order valence-electron chi connectivity index (χ4n) is 3.09. The predicted molar refractivity (Wildman–Crippen MR) is 112 cm³/mol. The van der Waals surface area contributed by atoms with E-state index in [4.69, 9.17) is 11.6 Å². The zero-order valence-electron chi connectivity index (χ0n) is 16.5. The van der Waals surface area contributed by atoms with E-state index >= 15 is 0 Å². The van der Waals surface area contributed by atoms with Crippen LogP contribution >= 0.6 is 11.6 Å². The minimum atomic E-state index is -1.28. The van der Waals surface area contributed by atoms with Gasteiger partial charge in [-0.05, 0) is 31.2 Å². The van der Waals surface area contributed by atoms with E-state index in [0.717, 1.165) is 6.07 Å². The summed E-state index contributed by atoms with van der Waals surface area (Å²) in [4.78, 5) is 60.9. The molecule has 0 aliphatic carbocycles. The maximum Gasteiger partial charge on any atom is 0.282 e. The number of nitro groups is 1. The molecule has 1 atom stereocenters. The van der Waals surface area contributed by atoms with Crippen LogP contribution < -0.4 is 10.6 Å². The molecule has 10 nitrogen and oxygen atoms in total. The summed E-state index contributed by atoms with van der Waals surface area (Å²) in [6, 6.07) is 6.89. The van der Waals surface area contributed by atoms with E-state index in [1.807, 2.05) is 0 Å². The predicted octanol–water partition coefficient (Wildman–Crippen LogP) is 3.22. The summed E-state index contributed by atoms with van der Waals surface area (Å²) in [6.07, 6.45) is 0.257. The van der Waals surface area contributed by atoms with Crippen LogP contribution in [0, 0.1) is 10.1 Å². The summed E-state index contributed by atoms with van der Waals surface area (Å²) in [5.74, 6) is -2.70. The quantitative estimate of drug-likeness (QED) is 0.398. The SMILES string of the molecule is CCC(=O)Nc1ccc(Cl)c(NC(=O)C(C)N2C(=O)c3cccc([N+](=O)[O-])c3C2=O)c1. The van der Waals surface area contributed by atoms with E-state index < -0.39 is 34.4 Å². The molecule has 0 spiro atoms. The van der Waals surface area contributed by atoms with Crippen LogP contribution in [0.15, 0.2) is 36.4 Å². The van der Waals surface area contributed by atoms with Gasteiger partial charge in [-0.2, -0.15) is 0 Å². The zero-order valence-corrected chi connectivity index (χ0v) is 17.2. The lowest BCUT2D eigenvalue weighted by molar-refractivity contribution is -0.385. The molecule has 1 aliphatic heterocycles. The molecule has 2 aromatic carbocycles. The van der Waals surface area contributed by atoms with Gasteiger partial charge in [0.25, 0.3) is 17.5 Å². The van der Waals surface area contributed by atoms with Crippen molar-refractivity contribution < 1.29 is 24.1 Å². The molecular formula is C20H17ClN4O6. The van der Waals surface area contributed by atoms with Crippen molar-refractivity contribution in [3.63, 3.8) is 0 Å². The number of imide groups is 1. The topological polar surface area (TPSA) is 139 Å². The van der Waals surface area contributed by atoms with Crippen molar-refractivity contribution >= 4 is 52.3 Å². The highest BCUT2D eigenvalue weighted by Gasteiger charge is 2.44. The fourth-order valence-corrected chi connectivity index (χ4v) is 3.26. The number of hydrogen-bond donors (Lipinski definition) is 2. The highest BCUT2D eigenvalue weighted by Crippen LogP contribution is 2.32. The first-order valence-electron chi connectivity index (χ1n) is 9.21. The van der Waals surface area contributed by atoms with Crippen molar-refractivity contribution in [2.75, 3.05) is 10.6 Å². The minimum Gasteiger partial charge on any atom is -0.326 e.